The first-order chi connectivity index (χ1) is 14.8. The number of aromatic carboxylic acids is 1. The number of hydrogen-bond donors (Lipinski definition) is 3. The summed E-state index contributed by atoms with van der Waals surface area (Å²) in [4.78, 5) is 11.1. The van der Waals surface area contributed by atoms with E-state index in [1.54, 1.807) is 54.6 Å². The molecule has 0 unspecified atom stereocenters. The van der Waals surface area contributed by atoms with Gasteiger partial charge in [0.1, 0.15) is 11.6 Å². The standard InChI is InChI=1S/C23H16FNO5S/c24-21-11-7-15(13-20(21)23(27)28)25-31(29,30)22-12-10-17(14-5-8-16(26)9-6-14)18-3-1-2-4-19(18)22/h1-13,25-26H,(H,27,28). The Morgan fingerprint density at radius 1 is 0.871 bits per heavy atom. The molecule has 0 aliphatic heterocycles. The molecule has 0 saturated carbocycles. The van der Waals surface area contributed by atoms with Crippen LogP contribution in [0.3, 0.4) is 0 Å². The zero-order valence-corrected chi connectivity index (χ0v) is 16.7. The first-order valence-electron chi connectivity index (χ1n) is 9.13. The third kappa shape index (κ3) is 3.93. The Hall–Kier alpha value is -3.91. The predicted molar refractivity (Wildman–Crippen MR) is 115 cm³/mol. The number of carboxylic acids is 1. The van der Waals surface area contributed by atoms with Gasteiger partial charge in [-0.3, -0.25) is 4.72 Å². The third-order valence-corrected chi connectivity index (χ3v) is 6.24. The van der Waals surface area contributed by atoms with Crippen molar-refractivity contribution in [2.75, 3.05) is 4.72 Å². The average molecular weight is 437 g/mol. The van der Waals surface area contributed by atoms with Crippen LogP contribution >= 0.6 is 0 Å². The molecule has 4 aromatic rings. The van der Waals surface area contributed by atoms with Gasteiger partial charge in [-0.2, -0.15) is 0 Å². The van der Waals surface area contributed by atoms with Crippen LogP contribution in [0, 0.1) is 5.82 Å². The molecule has 0 aliphatic carbocycles. The van der Waals surface area contributed by atoms with Gasteiger partial charge in [0.25, 0.3) is 10.0 Å². The number of hydrogen-bond acceptors (Lipinski definition) is 4. The molecule has 0 bridgehead atoms. The van der Waals surface area contributed by atoms with E-state index >= 15 is 0 Å². The topological polar surface area (TPSA) is 104 Å². The minimum Gasteiger partial charge on any atom is -0.508 e. The van der Waals surface area contributed by atoms with Gasteiger partial charge in [-0.25, -0.2) is 17.6 Å². The zero-order chi connectivity index (χ0) is 22.2. The average Bonchev–Trinajstić information content (AvgIpc) is 2.74. The summed E-state index contributed by atoms with van der Waals surface area (Å²) in [6.45, 7) is 0. The maximum absolute atomic E-state index is 13.6. The molecular weight excluding hydrogens is 421 g/mol. The molecule has 0 aliphatic rings. The van der Waals surface area contributed by atoms with Crippen LogP contribution in [0.5, 0.6) is 5.75 Å². The number of nitrogens with one attached hydrogen (secondary N) is 1. The number of anilines is 1. The van der Waals surface area contributed by atoms with Crippen molar-refractivity contribution in [2.24, 2.45) is 0 Å². The first kappa shape index (κ1) is 20.4. The van der Waals surface area contributed by atoms with Gasteiger partial charge in [0.2, 0.25) is 0 Å². The number of carbonyl (C=O) groups is 1. The molecule has 0 radical (unpaired) electrons. The van der Waals surface area contributed by atoms with Gasteiger partial charge in [-0.05, 0) is 52.9 Å². The van der Waals surface area contributed by atoms with E-state index in [1.807, 2.05) is 0 Å². The van der Waals surface area contributed by atoms with Gasteiger partial charge in [-0.1, -0.05) is 42.5 Å². The molecule has 3 N–H and O–H groups in total. The van der Waals surface area contributed by atoms with E-state index in [0.717, 1.165) is 29.3 Å². The number of sulfonamides is 1. The second-order valence-corrected chi connectivity index (χ2v) is 8.46. The number of carboxylic acid groups (broad SMARTS) is 1. The maximum atomic E-state index is 13.6. The van der Waals surface area contributed by atoms with Crippen LogP contribution in [0.25, 0.3) is 21.9 Å². The Kier molecular flexibility index (Phi) is 5.08. The lowest BCUT2D eigenvalue weighted by Crippen LogP contribution is -2.14. The van der Waals surface area contributed by atoms with Crippen LogP contribution in [0.1, 0.15) is 10.4 Å². The van der Waals surface area contributed by atoms with Gasteiger partial charge < -0.3 is 10.2 Å². The highest BCUT2D eigenvalue weighted by atomic mass is 32.2. The van der Waals surface area contributed by atoms with Crippen LogP contribution in [0.2, 0.25) is 0 Å². The molecule has 8 heteroatoms. The van der Waals surface area contributed by atoms with Crippen molar-refractivity contribution < 1.29 is 27.8 Å². The Bertz CT molecular complexity index is 1420. The lowest BCUT2D eigenvalue weighted by atomic mass is 9.98. The molecule has 0 amide bonds. The van der Waals surface area contributed by atoms with Gasteiger partial charge in [0, 0.05) is 11.1 Å². The van der Waals surface area contributed by atoms with Crippen molar-refractivity contribution in [2.45, 2.75) is 4.90 Å². The summed E-state index contributed by atoms with van der Waals surface area (Å²) in [7, 11) is -4.11. The highest BCUT2D eigenvalue weighted by Crippen LogP contribution is 2.34. The molecule has 31 heavy (non-hydrogen) atoms. The molecule has 0 spiro atoms. The fourth-order valence-electron chi connectivity index (χ4n) is 3.36. The SMILES string of the molecule is O=C(O)c1cc(NS(=O)(=O)c2ccc(-c3ccc(O)cc3)c3ccccc23)ccc1F. The molecule has 0 atom stereocenters. The molecular formula is C23H16FNO5S. The molecule has 0 saturated heterocycles. The zero-order valence-electron chi connectivity index (χ0n) is 15.9. The van der Waals surface area contributed by atoms with E-state index in [4.69, 9.17) is 5.11 Å². The van der Waals surface area contributed by atoms with Crippen LogP contribution in [-0.4, -0.2) is 24.6 Å². The van der Waals surface area contributed by atoms with Crippen molar-refractivity contribution >= 4 is 32.5 Å². The van der Waals surface area contributed by atoms with Gasteiger partial charge in [-0.15, -0.1) is 0 Å². The summed E-state index contributed by atoms with van der Waals surface area (Å²) in [6.07, 6.45) is 0. The lowest BCUT2D eigenvalue weighted by Gasteiger charge is -2.14. The molecule has 0 heterocycles. The van der Waals surface area contributed by atoms with Crippen LogP contribution in [0.4, 0.5) is 10.1 Å². The number of phenols is 1. The second-order valence-electron chi connectivity index (χ2n) is 6.81. The van der Waals surface area contributed by atoms with Crippen molar-refractivity contribution in [3.05, 3.63) is 90.2 Å². The minimum absolute atomic E-state index is 0.00757. The number of benzene rings is 4. The number of fused-ring (bicyclic) bond motifs is 1. The highest BCUT2D eigenvalue weighted by molar-refractivity contribution is 7.93. The largest absolute Gasteiger partial charge is 0.508 e. The summed E-state index contributed by atoms with van der Waals surface area (Å²) in [5, 5.41) is 19.7. The summed E-state index contributed by atoms with van der Waals surface area (Å²) >= 11 is 0. The Morgan fingerprint density at radius 2 is 1.55 bits per heavy atom. The molecule has 4 rings (SSSR count). The van der Waals surface area contributed by atoms with E-state index < -0.39 is 27.4 Å². The minimum atomic E-state index is -4.11. The fraction of sp³-hybridized carbons (Fsp3) is 0. The molecule has 0 fully saturated rings. The molecule has 156 valence electrons. The van der Waals surface area contributed by atoms with Gasteiger partial charge in [0.05, 0.1) is 10.5 Å². The normalized spacial score (nSPS) is 11.4. The molecule has 0 aromatic heterocycles. The van der Waals surface area contributed by atoms with Crippen LogP contribution in [-0.2, 0) is 10.0 Å². The van der Waals surface area contributed by atoms with Gasteiger partial charge in [0.15, 0.2) is 0 Å². The Balaban J connectivity index is 1.81. The number of halogens is 1. The van der Waals surface area contributed by atoms with Crippen molar-refractivity contribution in [3.8, 4) is 16.9 Å². The predicted octanol–water partition coefficient (Wildman–Crippen LogP) is 4.85. The quantitative estimate of drug-likeness (QED) is 0.414. The van der Waals surface area contributed by atoms with Crippen molar-refractivity contribution in [1.82, 2.24) is 0 Å². The summed E-state index contributed by atoms with van der Waals surface area (Å²) in [5.74, 6) is -2.34. The fourth-order valence-corrected chi connectivity index (χ4v) is 4.62. The van der Waals surface area contributed by atoms with Gasteiger partial charge >= 0.3 is 5.97 Å². The van der Waals surface area contributed by atoms with E-state index in [9.17, 15) is 22.7 Å². The van der Waals surface area contributed by atoms with E-state index in [1.165, 1.54) is 6.07 Å². The Morgan fingerprint density at radius 3 is 2.23 bits per heavy atom. The highest BCUT2D eigenvalue weighted by Gasteiger charge is 2.20. The van der Waals surface area contributed by atoms with Crippen molar-refractivity contribution in [1.29, 1.82) is 0 Å². The first-order valence-corrected chi connectivity index (χ1v) is 10.6. The number of phenolic OH excluding ortho intramolecular Hbond substituents is 1. The summed E-state index contributed by atoms with van der Waals surface area (Å²) in [5.41, 5.74) is 0.887. The van der Waals surface area contributed by atoms with Crippen LogP contribution < -0.4 is 4.72 Å². The Labute approximate surface area is 177 Å². The van der Waals surface area contributed by atoms with E-state index in [2.05, 4.69) is 4.72 Å². The smallest absolute Gasteiger partial charge is 0.338 e. The molecule has 6 nitrogen and oxygen atoms in total. The van der Waals surface area contributed by atoms with Crippen molar-refractivity contribution in [3.63, 3.8) is 0 Å². The monoisotopic (exact) mass is 437 g/mol. The molecule has 4 aromatic carbocycles. The second kappa shape index (κ2) is 7.73. The summed E-state index contributed by atoms with van der Waals surface area (Å²) < 4.78 is 42.1. The van der Waals surface area contributed by atoms with E-state index in [0.29, 0.717) is 10.8 Å². The van der Waals surface area contributed by atoms with E-state index in [-0.39, 0.29) is 16.3 Å². The lowest BCUT2D eigenvalue weighted by molar-refractivity contribution is 0.0692. The third-order valence-electron chi connectivity index (χ3n) is 4.80. The number of aromatic hydroxyl groups is 1. The van der Waals surface area contributed by atoms with Crippen LogP contribution in [0.15, 0.2) is 83.8 Å². The maximum Gasteiger partial charge on any atom is 0.338 e. The number of rotatable bonds is 5. The summed E-state index contributed by atoms with van der Waals surface area (Å²) in [6, 6.07) is 19.6.